The summed E-state index contributed by atoms with van der Waals surface area (Å²) < 4.78 is 0. The van der Waals surface area contributed by atoms with E-state index in [1.165, 1.54) is 0 Å². The Hall–Kier alpha value is -2.28. The second kappa shape index (κ2) is 15.1. The Morgan fingerprint density at radius 1 is 0.909 bits per heavy atom. The predicted octanol–water partition coefficient (Wildman–Crippen LogP) is -3.92. The van der Waals surface area contributed by atoms with Crippen LogP contribution in [-0.2, 0) is 19.2 Å². The summed E-state index contributed by atoms with van der Waals surface area (Å²) in [4.78, 5) is 39.0. The number of nitrogens with two attached hydrogens (primary N) is 4. The summed E-state index contributed by atoms with van der Waals surface area (Å²) in [6.07, 6.45) is 0.123. The van der Waals surface area contributed by atoms with E-state index in [-0.39, 0.29) is 19.4 Å². The highest BCUT2D eigenvalue weighted by Crippen LogP contribution is 1.92. The quantitative estimate of drug-likeness (QED) is 0.224. The van der Waals surface area contributed by atoms with Gasteiger partial charge in [0.2, 0.25) is 5.91 Å². The molecule has 0 aromatic carbocycles. The van der Waals surface area contributed by atoms with Crippen LogP contribution in [0.3, 0.4) is 0 Å². The molecule has 2 atom stereocenters. The fourth-order valence-corrected chi connectivity index (χ4v) is 0.499. The van der Waals surface area contributed by atoms with E-state index in [0.29, 0.717) is 0 Å². The van der Waals surface area contributed by atoms with Crippen molar-refractivity contribution < 1.29 is 39.6 Å². The molecule has 0 fully saturated rings. The minimum atomic E-state index is -1.18. The lowest BCUT2D eigenvalue weighted by Gasteiger charge is -2.01. The van der Waals surface area contributed by atoms with Crippen LogP contribution in [0.4, 0.5) is 0 Å². The van der Waals surface area contributed by atoms with Crippen molar-refractivity contribution >= 4 is 23.8 Å². The second-order valence-electron chi connectivity index (χ2n) is 3.67. The van der Waals surface area contributed by atoms with Crippen LogP contribution >= 0.6 is 0 Å². The fraction of sp³-hybridized carbons (Fsp3) is 0.600. The van der Waals surface area contributed by atoms with Gasteiger partial charge in [0.25, 0.3) is 0 Å². The molecule has 0 spiro atoms. The first kappa shape index (κ1) is 24.7. The van der Waals surface area contributed by atoms with Gasteiger partial charge < -0.3 is 43.4 Å². The van der Waals surface area contributed by atoms with Crippen LogP contribution in [0, 0.1) is 0 Å². The van der Waals surface area contributed by atoms with Gasteiger partial charge in [0.15, 0.2) is 0 Å². The Balaban J connectivity index is -0.000000263. The summed E-state index contributed by atoms with van der Waals surface area (Å²) in [5, 5.41) is 31.7. The number of carboxylic acid groups (broad SMARTS) is 3. The monoisotopic (exact) mass is 326 g/mol. The molecule has 12 heteroatoms. The molecule has 0 unspecified atom stereocenters. The van der Waals surface area contributed by atoms with Gasteiger partial charge in [-0.25, -0.2) is 0 Å². The molecule has 12 N–H and O–H groups in total. The molecular weight excluding hydrogens is 304 g/mol. The SMILES string of the molecule is NC(=O)CC[C@H](N)C(=O)O.NCC(=O)O.N[C@@H](CO)C(=O)O. The van der Waals surface area contributed by atoms with Crippen LogP contribution in [-0.4, -0.2) is 69.5 Å². The van der Waals surface area contributed by atoms with Gasteiger partial charge in [-0.3, -0.25) is 19.2 Å². The summed E-state index contributed by atoms with van der Waals surface area (Å²) in [5.74, 6) is -3.79. The number of hydrogen-bond donors (Lipinski definition) is 8. The molecule has 1 amide bonds. The molecule has 130 valence electrons. The van der Waals surface area contributed by atoms with E-state index < -0.39 is 42.5 Å². The molecular formula is C10H22N4O8. The van der Waals surface area contributed by atoms with Gasteiger partial charge >= 0.3 is 17.9 Å². The summed E-state index contributed by atoms with van der Waals surface area (Å²) >= 11 is 0. The number of amides is 1. The Kier molecular flexibility index (Phi) is 17.0. The van der Waals surface area contributed by atoms with Crippen LogP contribution < -0.4 is 22.9 Å². The molecule has 0 aliphatic carbocycles. The van der Waals surface area contributed by atoms with Crippen molar-refractivity contribution in [1.82, 2.24) is 0 Å². The number of aliphatic hydroxyl groups excluding tert-OH is 1. The molecule has 0 aliphatic heterocycles. The van der Waals surface area contributed by atoms with Crippen molar-refractivity contribution in [3.05, 3.63) is 0 Å². The van der Waals surface area contributed by atoms with Crippen molar-refractivity contribution in [2.75, 3.05) is 13.2 Å². The molecule has 12 nitrogen and oxygen atoms in total. The molecule has 0 radical (unpaired) electrons. The van der Waals surface area contributed by atoms with E-state index in [0.717, 1.165) is 0 Å². The summed E-state index contributed by atoms with van der Waals surface area (Å²) in [6, 6.07) is -2.10. The molecule has 0 aromatic heterocycles. The lowest BCUT2D eigenvalue weighted by molar-refractivity contribution is -0.140. The van der Waals surface area contributed by atoms with Crippen LogP contribution in [0.2, 0.25) is 0 Å². The molecule has 0 saturated carbocycles. The van der Waals surface area contributed by atoms with Crippen LogP contribution in [0.5, 0.6) is 0 Å². The minimum absolute atomic E-state index is 0.0213. The minimum Gasteiger partial charge on any atom is -0.480 e. The molecule has 0 bridgehead atoms. The van der Waals surface area contributed by atoms with E-state index >= 15 is 0 Å². The number of hydrogen-bond acceptors (Lipinski definition) is 8. The van der Waals surface area contributed by atoms with Crippen LogP contribution in [0.25, 0.3) is 0 Å². The van der Waals surface area contributed by atoms with Gasteiger partial charge in [-0.15, -0.1) is 0 Å². The largest absolute Gasteiger partial charge is 0.480 e. The summed E-state index contributed by atoms with van der Waals surface area (Å²) in [7, 11) is 0. The molecule has 0 aliphatic rings. The average Bonchev–Trinajstić information content (AvgIpc) is 2.44. The maximum Gasteiger partial charge on any atom is 0.322 e. The Labute approximate surface area is 125 Å². The van der Waals surface area contributed by atoms with Crippen molar-refractivity contribution in [1.29, 1.82) is 0 Å². The van der Waals surface area contributed by atoms with Crippen molar-refractivity contribution in [3.63, 3.8) is 0 Å². The highest BCUT2D eigenvalue weighted by atomic mass is 16.4. The van der Waals surface area contributed by atoms with Gasteiger partial charge in [0.05, 0.1) is 13.2 Å². The third-order valence-electron chi connectivity index (χ3n) is 1.71. The Morgan fingerprint density at radius 2 is 1.27 bits per heavy atom. The number of aliphatic hydroxyl groups is 1. The number of aliphatic carboxylic acids is 3. The van der Waals surface area contributed by atoms with Gasteiger partial charge in [-0.1, -0.05) is 0 Å². The van der Waals surface area contributed by atoms with Crippen molar-refractivity contribution in [3.8, 4) is 0 Å². The van der Waals surface area contributed by atoms with Crippen LogP contribution in [0.1, 0.15) is 12.8 Å². The zero-order valence-electron chi connectivity index (χ0n) is 11.7. The molecule has 0 saturated heterocycles. The third kappa shape index (κ3) is 22.9. The first-order chi connectivity index (χ1) is 9.99. The highest BCUT2D eigenvalue weighted by Gasteiger charge is 2.11. The highest BCUT2D eigenvalue weighted by molar-refractivity contribution is 5.77. The molecule has 0 rings (SSSR count). The topological polar surface area (TPSA) is 253 Å². The first-order valence-electron chi connectivity index (χ1n) is 5.77. The van der Waals surface area contributed by atoms with E-state index in [1.807, 2.05) is 0 Å². The maximum absolute atomic E-state index is 10.1. The first-order valence-corrected chi connectivity index (χ1v) is 5.77. The number of rotatable bonds is 7. The van der Waals surface area contributed by atoms with Crippen molar-refractivity contribution in [2.24, 2.45) is 22.9 Å². The number of carboxylic acids is 3. The van der Waals surface area contributed by atoms with Gasteiger partial charge in [-0.2, -0.15) is 0 Å². The molecule has 0 heterocycles. The van der Waals surface area contributed by atoms with E-state index in [4.69, 9.17) is 37.6 Å². The van der Waals surface area contributed by atoms with Gasteiger partial charge in [-0.05, 0) is 6.42 Å². The summed E-state index contributed by atoms with van der Waals surface area (Å²) in [6.45, 7) is -0.782. The lowest BCUT2D eigenvalue weighted by atomic mass is 10.2. The predicted molar refractivity (Wildman–Crippen MR) is 73.4 cm³/mol. The Morgan fingerprint density at radius 3 is 1.41 bits per heavy atom. The zero-order chi connectivity index (χ0) is 18.3. The summed E-state index contributed by atoms with van der Waals surface area (Å²) in [5.41, 5.74) is 19.1. The molecule has 22 heavy (non-hydrogen) atoms. The average molecular weight is 326 g/mol. The van der Waals surface area contributed by atoms with Gasteiger partial charge in [0, 0.05) is 6.42 Å². The zero-order valence-corrected chi connectivity index (χ0v) is 11.7. The second-order valence-corrected chi connectivity index (χ2v) is 3.67. The fourth-order valence-electron chi connectivity index (χ4n) is 0.499. The van der Waals surface area contributed by atoms with E-state index in [2.05, 4.69) is 5.73 Å². The van der Waals surface area contributed by atoms with Gasteiger partial charge in [0.1, 0.15) is 12.1 Å². The van der Waals surface area contributed by atoms with Crippen molar-refractivity contribution in [2.45, 2.75) is 24.9 Å². The molecule has 0 aromatic rings. The number of carbonyl (C=O) groups is 4. The van der Waals surface area contributed by atoms with Crippen LogP contribution in [0.15, 0.2) is 0 Å². The number of carbonyl (C=O) groups excluding carboxylic acids is 1. The number of primary amides is 1. The Bertz CT molecular complexity index is 363. The van der Waals surface area contributed by atoms with E-state index in [1.54, 1.807) is 0 Å². The smallest absolute Gasteiger partial charge is 0.322 e. The normalized spacial score (nSPS) is 11.6. The maximum atomic E-state index is 10.1. The lowest BCUT2D eigenvalue weighted by Crippen LogP contribution is -2.33. The third-order valence-corrected chi connectivity index (χ3v) is 1.71. The van der Waals surface area contributed by atoms with E-state index in [9.17, 15) is 19.2 Å². The standard InChI is InChI=1S/C5H10N2O3.C3H7NO3.C2H5NO2/c6-3(5(9)10)1-2-4(7)8;4-2(1-5)3(6)7;3-1-2(4)5/h3H,1-2,6H2,(H2,7,8)(H,9,10);2,5H,1,4H2,(H,6,7);1,3H2,(H,4,5)/t3-;2-;/m00./s1.